The van der Waals surface area contributed by atoms with Crippen LogP contribution in [-0.2, 0) is 7.05 Å². The summed E-state index contributed by atoms with van der Waals surface area (Å²) in [5.74, 6) is 0.705. The number of halogens is 1. The normalized spacial score (nSPS) is 15.5. The Balaban J connectivity index is 1.70. The number of nitrogens with zero attached hydrogens (tertiary/aromatic N) is 2. The van der Waals surface area contributed by atoms with E-state index in [-0.39, 0.29) is 12.5 Å². The van der Waals surface area contributed by atoms with Crippen molar-refractivity contribution in [3.05, 3.63) is 46.2 Å². The number of hydrogen-bond acceptors (Lipinski definition) is 4. The molecule has 1 amide bonds. The number of ether oxygens (including phenoxy) is 1. The number of amides is 1. The Morgan fingerprint density at radius 3 is 2.92 bits per heavy atom. The fourth-order valence-corrected chi connectivity index (χ4v) is 3.28. The van der Waals surface area contributed by atoms with Crippen LogP contribution in [0.3, 0.4) is 0 Å². The van der Waals surface area contributed by atoms with Crippen LogP contribution in [0.2, 0.25) is 5.02 Å². The number of carbonyl (C=O) groups is 1. The minimum absolute atomic E-state index is 0.0603. The summed E-state index contributed by atoms with van der Waals surface area (Å²) in [6, 6.07) is 5.02. The van der Waals surface area contributed by atoms with Crippen molar-refractivity contribution >= 4 is 17.5 Å². The number of rotatable bonds is 6. The number of nitrogens with one attached hydrogen (secondary N) is 1. The second kappa shape index (κ2) is 7.45. The molecule has 1 atom stereocenters. The molecule has 1 aliphatic carbocycles. The molecule has 3 rings (SSSR count). The van der Waals surface area contributed by atoms with E-state index in [1.165, 1.54) is 13.5 Å². The van der Waals surface area contributed by atoms with E-state index in [2.05, 4.69) is 10.4 Å². The van der Waals surface area contributed by atoms with E-state index in [0.717, 1.165) is 18.4 Å². The van der Waals surface area contributed by atoms with Gasteiger partial charge in [-0.1, -0.05) is 18.0 Å². The predicted octanol–water partition coefficient (Wildman–Crippen LogP) is 2.81. The summed E-state index contributed by atoms with van der Waals surface area (Å²) in [5, 5.41) is 17.9. The fourth-order valence-electron chi connectivity index (χ4n) is 3.10. The largest absolute Gasteiger partial charge is 0.496 e. The summed E-state index contributed by atoms with van der Waals surface area (Å²) < 4.78 is 6.84. The maximum atomic E-state index is 12.6. The van der Waals surface area contributed by atoms with Gasteiger partial charge in [0, 0.05) is 29.7 Å². The van der Waals surface area contributed by atoms with Crippen molar-refractivity contribution in [2.75, 3.05) is 13.7 Å². The van der Waals surface area contributed by atoms with Crippen LogP contribution >= 0.6 is 11.6 Å². The maximum absolute atomic E-state index is 12.6. The van der Waals surface area contributed by atoms with Gasteiger partial charge in [-0.3, -0.25) is 9.48 Å². The Kier molecular flexibility index (Phi) is 5.30. The molecule has 0 radical (unpaired) electrons. The van der Waals surface area contributed by atoms with Gasteiger partial charge in [0.05, 0.1) is 19.4 Å². The lowest BCUT2D eigenvalue weighted by Gasteiger charge is -2.25. The van der Waals surface area contributed by atoms with Gasteiger partial charge in [0.1, 0.15) is 11.4 Å². The number of aryl methyl sites for hydroxylation is 1. The highest BCUT2D eigenvalue weighted by atomic mass is 35.5. The molecule has 1 aromatic carbocycles. The number of hydrogen-bond donors (Lipinski definition) is 2. The third kappa shape index (κ3) is 3.65. The van der Waals surface area contributed by atoms with E-state index in [1.54, 1.807) is 36.1 Å². The van der Waals surface area contributed by atoms with E-state index in [9.17, 15) is 9.90 Å². The zero-order chi connectivity index (χ0) is 18.0. The Hall–Kier alpha value is -2.05. The van der Waals surface area contributed by atoms with Crippen LogP contribution in [0.1, 0.15) is 52.9 Å². The van der Waals surface area contributed by atoms with Crippen LogP contribution in [0, 0.1) is 0 Å². The first kappa shape index (κ1) is 17.8. The summed E-state index contributed by atoms with van der Waals surface area (Å²) in [7, 11) is 3.28. The lowest BCUT2D eigenvalue weighted by Crippen LogP contribution is -2.31. The minimum atomic E-state index is -0.919. The van der Waals surface area contributed by atoms with Gasteiger partial charge in [-0.15, -0.1) is 0 Å². The van der Waals surface area contributed by atoms with Crippen molar-refractivity contribution in [1.82, 2.24) is 15.1 Å². The average molecular weight is 364 g/mol. The number of carbonyl (C=O) groups excluding carboxylic acids is 1. The Morgan fingerprint density at radius 1 is 1.52 bits per heavy atom. The summed E-state index contributed by atoms with van der Waals surface area (Å²) in [6.45, 7) is 0.0603. The topological polar surface area (TPSA) is 76.4 Å². The van der Waals surface area contributed by atoms with Gasteiger partial charge in [-0.2, -0.15) is 5.10 Å². The van der Waals surface area contributed by atoms with Gasteiger partial charge in [0.25, 0.3) is 5.91 Å². The van der Waals surface area contributed by atoms with Crippen molar-refractivity contribution in [2.45, 2.75) is 31.3 Å². The molecule has 0 bridgehead atoms. The van der Waals surface area contributed by atoms with Crippen LogP contribution in [-0.4, -0.2) is 34.4 Å². The average Bonchev–Trinajstić information content (AvgIpc) is 2.92. The number of benzene rings is 1. The third-order valence-corrected chi connectivity index (χ3v) is 4.97. The standard InChI is InChI=1S/C18H22ClN3O3/c1-22-17(14(9-21-22)11-4-3-5-11)18(24)20-10-15(23)13-8-12(19)6-7-16(13)25-2/h6-9,11,15,23H,3-5,10H2,1-2H3,(H,20,24)/t15-/m0/s1. The molecule has 0 aliphatic heterocycles. The Bertz CT molecular complexity index is 771. The number of methoxy groups -OCH3 is 1. The van der Waals surface area contributed by atoms with Crippen molar-refractivity contribution in [2.24, 2.45) is 7.05 Å². The lowest BCUT2D eigenvalue weighted by molar-refractivity contribution is 0.0903. The van der Waals surface area contributed by atoms with Gasteiger partial charge < -0.3 is 15.2 Å². The van der Waals surface area contributed by atoms with E-state index in [0.29, 0.717) is 27.9 Å². The molecule has 1 heterocycles. The first-order chi connectivity index (χ1) is 12.0. The molecule has 1 aliphatic rings. The highest BCUT2D eigenvalue weighted by Gasteiger charge is 2.28. The van der Waals surface area contributed by atoms with Crippen molar-refractivity contribution in [3.8, 4) is 5.75 Å². The molecule has 6 nitrogen and oxygen atoms in total. The zero-order valence-corrected chi connectivity index (χ0v) is 15.1. The minimum Gasteiger partial charge on any atom is -0.496 e. The van der Waals surface area contributed by atoms with Crippen LogP contribution in [0.25, 0.3) is 0 Å². The molecular weight excluding hydrogens is 342 g/mol. The monoisotopic (exact) mass is 363 g/mol. The summed E-state index contributed by atoms with van der Waals surface area (Å²) in [4.78, 5) is 12.6. The summed E-state index contributed by atoms with van der Waals surface area (Å²) in [6.07, 6.45) is 4.23. The number of aliphatic hydroxyl groups excluding tert-OH is 1. The molecule has 0 saturated heterocycles. The quantitative estimate of drug-likeness (QED) is 0.827. The fraction of sp³-hybridized carbons (Fsp3) is 0.444. The smallest absolute Gasteiger partial charge is 0.269 e. The Morgan fingerprint density at radius 2 is 2.28 bits per heavy atom. The number of aromatic nitrogens is 2. The molecule has 1 fully saturated rings. The van der Waals surface area contributed by atoms with E-state index >= 15 is 0 Å². The molecule has 1 saturated carbocycles. The van der Waals surface area contributed by atoms with Gasteiger partial charge in [-0.25, -0.2) is 0 Å². The Labute approximate surface area is 151 Å². The molecule has 25 heavy (non-hydrogen) atoms. The number of aliphatic hydroxyl groups is 1. The first-order valence-electron chi connectivity index (χ1n) is 8.33. The highest BCUT2D eigenvalue weighted by Crippen LogP contribution is 2.37. The molecule has 7 heteroatoms. The molecule has 1 aromatic heterocycles. The molecule has 134 valence electrons. The molecule has 0 spiro atoms. The van der Waals surface area contributed by atoms with Crippen molar-refractivity contribution < 1.29 is 14.6 Å². The second-order valence-electron chi connectivity index (χ2n) is 6.31. The van der Waals surface area contributed by atoms with Crippen molar-refractivity contribution in [1.29, 1.82) is 0 Å². The van der Waals surface area contributed by atoms with Crippen LogP contribution in [0.5, 0.6) is 5.75 Å². The van der Waals surface area contributed by atoms with Crippen LogP contribution in [0.15, 0.2) is 24.4 Å². The van der Waals surface area contributed by atoms with E-state index in [4.69, 9.17) is 16.3 Å². The van der Waals surface area contributed by atoms with Crippen LogP contribution in [0.4, 0.5) is 0 Å². The third-order valence-electron chi connectivity index (χ3n) is 4.73. The SMILES string of the molecule is COc1ccc(Cl)cc1[C@@H](O)CNC(=O)c1c(C2CCC2)cnn1C. The van der Waals surface area contributed by atoms with Crippen molar-refractivity contribution in [3.63, 3.8) is 0 Å². The van der Waals surface area contributed by atoms with E-state index < -0.39 is 6.10 Å². The molecule has 2 aromatic rings. The first-order valence-corrected chi connectivity index (χ1v) is 8.70. The van der Waals surface area contributed by atoms with Gasteiger partial charge in [0.2, 0.25) is 0 Å². The van der Waals surface area contributed by atoms with Gasteiger partial charge in [-0.05, 0) is 37.0 Å². The van der Waals surface area contributed by atoms with Gasteiger partial charge in [0.15, 0.2) is 0 Å². The maximum Gasteiger partial charge on any atom is 0.269 e. The molecule has 0 unspecified atom stereocenters. The predicted molar refractivity (Wildman–Crippen MR) is 95.1 cm³/mol. The second-order valence-corrected chi connectivity index (χ2v) is 6.75. The van der Waals surface area contributed by atoms with Crippen LogP contribution < -0.4 is 10.1 Å². The molecule has 2 N–H and O–H groups in total. The van der Waals surface area contributed by atoms with E-state index in [1.807, 2.05) is 0 Å². The van der Waals surface area contributed by atoms with Gasteiger partial charge >= 0.3 is 0 Å². The lowest BCUT2D eigenvalue weighted by atomic mass is 9.80. The summed E-state index contributed by atoms with van der Waals surface area (Å²) in [5.41, 5.74) is 2.09. The summed E-state index contributed by atoms with van der Waals surface area (Å²) >= 11 is 5.99. The highest BCUT2D eigenvalue weighted by molar-refractivity contribution is 6.30. The molecular formula is C18H22ClN3O3. The zero-order valence-electron chi connectivity index (χ0n) is 14.3.